The lowest BCUT2D eigenvalue weighted by Crippen LogP contribution is -2.13. The van der Waals surface area contributed by atoms with E-state index in [4.69, 9.17) is 0 Å². The summed E-state index contributed by atoms with van der Waals surface area (Å²) in [4.78, 5) is 12.3. The van der Waals surface area contributed by atoms with Gasteiger partial charge in [0, 0.05) is 11.1 Å². The quantitative estimate of drug-likeness (QED) is 0.577. The van der Waals surface area contributed by atoms with Gasteiger partial charge in [0.1, 0.15) is 15.9 Å². The molecular weight excluding hydrogens is 436 g/mol. The number of carbonyl (C=O) groups excluding carboxylic acids is 1. The molecule has 0 saturated carbocycles. The Hall–Kier alpha value is -2.96. The molecule has 0 aliphatic heterocycles. The predicted molar refractivity (Wildman–Crippen MR) is 129 cm³/mol. The van der Waals surface area contributed by atoms with Crippen molar-refractivity contribution in [3.8, 4) is 5.75 Å². The molecule has 5 nitrogen and oxygen atoms in total. The molecule has 0 aromatic heterocycles. The molecule has 2 aromatic carbocycles. The third-order valence-corrected chi connectivity index (χ3v) is 6.83. The van der Waals surface area contributed by atoms with Crippen LogP contribution in [0.5, 0.6) is 5.75 Å². The molecule has 0 spiro atoms. The number of aryl methyl sites for hydroxylation is 1. The summed E-state index contributed by atoms with van der Waals surface area (Å²) >= 11 is 0. The van der Waals surface area contributed by atoms with Gasteiger partial charge in [0.05, 0.1) is 4.90 Å². The molecule has 6 heteroatoms. The second-order valence-electron chi connectivity index (χ2n) is 9.07. The fourth-order valence-corrected chi connectivity index (χ4v) is 4.87. The van der Waals surface area contributed by atoms with E-state index in [1.807, 2.05) is 40.7 Å². The van der Waals surface area contributed by atoms with E-state index in [2.05, 4.69) is 0 Å². The van der Waals surface area contributed by atoms with Gasteiger partial charge in [-0.15, -0.1) is 0 Å². The molecule has 1 aliphatic rings. The van der Waals surface area contributed by atoms with E-state index in [1.165, 1.54) is 12.1 Å². The number of hydrogen-bond donors (Lipinski definition) is 1. The maximum absolute atomic E-state index is 12.6. The molecule has 0 atom stereocenters. The molecule has 2 aromatic rings. The Morgan fingerprint density at radius 2 is 1.58 bits per heavy atom. The van der Waals surface area contributed by atoms with Gasteiger partial charge in [-0.05, 0) is 89.4 Å². The van der Waals surface area contributed by atoms with Gasteiger partial charge in [-0.25, -0.2) is 8.42 Å². The summed E-state index contributed by atoms with van der Waals surface area (Å²) in [5.74, 6) is 0.0506. The van der Waals surface area contributed by atoms with Crippen molar-refractivity contribution in [1.29, 1.82) is 0 Å². The zero-order chi connectivity index (χ0) is 24.7. The van der Waals surface area contributed by atoms with Crippen LogP contribution in [0, 0.1) is 12.8 Å². The summed E-state index contributed by atoms with van der Waals surface area (Å²) in [6.45, 7) is 11.4. The second kappa shape index (κ2) is 9.12. The van der Waals surface area contributed by atoms with Gasteiger partial charge >= 0.3 is 0 Å². The summed E-state index contributed by atoms with van der Waals surface area (Å²) in [6.07, 6.45) is 3.35. The fraction of sp³-hybridized carbons (Fsp3) is 0.296. The predicted octanol–water partition coefficient (Wildman–Crippen LogP) is 5.64. The van der Waals surface area contributed by atoms with Crippen molar-refractivity contribution in [3.63, 3.8) is 0 Å². The first kappa shape index (κ1) is 24.7. The van der Waals surface area contributed by atoms with Crippen LogP contribution in [0.3, 0.4) is 0 Å². The Morgan fingerprint density at radius 3 is 2.15 bits per heavy atom. The smallest absolute Gasteiger partial charge is 0.182 e. The lowest BCUT2D eigenvalue weighted by atomic mass is 9.81. The highest BCUT2D eigenvalue weighted by Crippen LogP contribution is 2.41. The highest BCUT2D eigenvalue weighted by Gasteiger charge is 2.25. The molecule has 0 amide bonds. The Kier molecular flexibility index (Phi) is 6.82. The molecule has 1 aliphatic carbocycles. The van der Waals surface area contributed by atoms with Crippen molar-refractivity contribution in [3.05, 3.63) is 87.5 Å². The highest BCUT2D eigenvalue weighted by atomic mass is 32.2. The van der Waals surface area contributed by atoms with Crippen LogP contribution in [0.25, 0.3) is 5.57 Å². The third kappa shape index (κ3) is 4.87. The zero-order valence-electron chi connectivity index (χ0n) is 19.8. The van der Waals surface area contributed by atoms with Gasteiger partial charge in [0.25, 0.3) is 0 Å². The van der Waals surface area contributed by atoms with Gasteiger partial charge in [-0.1, -0.05) is 45.9 Å². The number of hydrogen-bond acceptors (Lipinski definition) is 5. The molecule has 174 valence electrons. The molecule has 0 unspecified atom stereocenters. The molecule has 0 heterocycles. The Morgan fingerprint density at radius 1 is 0.939 bits per heavy atom. The van der Waals surface area contributed by atoms with Crippen LogP contribution in [-0.2, 0) is 14.9 Å². The molecule has 1 N–H and O–H groups in total. The normalized spacial score (nSPS) is 16.2. The van der Waals surface area contributed by atoms with Crippen LogP contribution < -0.4 is 0 Å². The second-order valence-corrected chi connectivity index (χ2v) is 10.4. The summed E-state index contributed by atoms with van der Waals surface area (Å²) in [5.41, 5.74) is 4.91. The maximum Gasteiger partial charge on any atom is 0.182 e. The number of ketones is 1. The Labute approximate surface area is 195 Å². The van der Waals surface area contributed by atoms with Crippen LogP contribution in [0.1, 0.15) is 62.8 Å². The first-order valence-electron chi connectivity index (χ1n) is 10.9. The SMILES string of the molecule is CC1=CC(=O)C(C(C)C)=C/C1=C(\c1cc(C(C)C)c(O)cc1C)c1ccccc1S(=O)(=O)[O-]. The topological polar surface area (TPSA) is 94.5 Å². The van der Waals surface area contributed by atoms with E-state index < -0.39 is 10.1 Å². The van der Waals surface area contributed by atoms with E-state index >= 15 is 0 Å². The number of benzene rings is 2. The van der Waals surface area contributed by atoms with Gasteiger partial charge in [-0.2, -0.15) is 0 Å². The largest absolute Gasteiger partial charge is 0.744 e. The van der Waals surface area contributed by atoms with Crippen molar-refractivity contribution < 1.29 is 22.9 Å². The van der Waals surface area contributed by atoms with E-state index in [-0.39, 0.29) is 33.8 Å². The number of rotatable bonds is 5. The monoisotopic (exact) mass is 465 g/mol. The fourth-order valence-electron chi connectivity index (χ4n) is 4.19. The molecule has 3 rings (SSSR count). The summed E-state index contributed by atoms with van der Waals surface area (Å²) in [5, 5.41) is 10.5. The van der Waals surface area contributed by atoms with Crippen molar-refractivity contribution in [2.75, 3.05) is 0 Å². The molecule has 0 bridgehead atoms. The van der Waals surface area contributed by atoms with E-state index in [0.717, 1.165) is 5.56 Å². The molecule has 0 fully saturated rings. The lowest BCUT2D eigenvalue weighted by Gasteiger charge is -2.24. The van der Waals surface area contributed by atoms with Crippen LogP contribution in [0.2, 0.25) is 0 Å². The lowest BCUT2D eigenvalue weighted by molar-refractivity contribution is -0.111. The summed E-state index contributed by atoms with van der Waals surface area (Å²) in [7, 11) is -4.77. The van der Waals surface area contributed by atoms with Crippen LogP contribution in [-0.4, -0.2) is 23.9 Å². The van der Waals surface area contributed by atoms with E-state index in [0.29, 0.717) is 33.4 Å². The van der Waals surface area contributed by atoms with Crippen LogP contribution in [0.15, 0.2) is 70.2 Å². The molecule has 0 radical (unpaired) electrons. The Bertz CT molecular complexity index is 1320. The third-order valence-electron chi connectivity index (χ3n) is 5.94. The van der Waals surface area contributed by atoms with Gasteiger partial charge < -0.3 is 9.66 Å². The van der Waals surface area contributed by atoms with Gasteiger partial charge in [0.2, 0.25) is 0 Å². The zero-order valence-corrected chi connectivity index (χ0v) is 20.6. The minimum absolute atomic E-state index is 0.0143. The standard InChI is InChI=1S/C27H30O5S/c1-15(2)20-13-22(17(5)11-24(20)28)27(19-9-7-8-10-26(19)33(30,31)32)23-14-21(16(3)4)25(29)12-18(23)6/h7-16,28H,1-6H3,(H,30,31,32)/p-1/b27-23+. The number of aromatic hydroxyl groups is 1. The Balaban J connectivity index is 2.54. The van der Waals surface area contributed by atoms with Crippen LogP contribution >= 0.6 is 0 Å². The van der Waals surface area contributed by atoms with Gasteiger partial charge in [0.15, 0.2) is 5.78 Å². The van der Waals surface area contributed by atoms with E-state index in [1.54, 1.807) is 37.3 Å². The summed E-state index contributed by atoms with van der Waals surface area (Å²) < 4.78 is 36.6. The highest BCUT2D eigenvalue weighted by molar-refractivity contribution is 7.85. The van der Waals surface area contributed by atoms with Crippen molar-refractivity contribution in [2.24, 2.45) is 5.92 Å². The first-order valence-corrected chi connectivity index (χ1v) is 12.3. The maximum atomic E-state index is 12.6. The average molecular weight is 466 g/mol. The van der Waals surface area contributed by atoms with Crippen molar-refractivity contribution in [2.45, 2.75) is 52.4 Å². The molecule has 33 heavy (non-hydrogen) atoms. The minimum atomic E-state index is -4.77. The molecular formula is C27H29O5S-. The minimum Gasteiger partial charge on any atom is -0.744 e. The number of carbonyl (C=O) groups is 1. The number of phenols is 1. The van der Waals surface area contributed by atoms with E-state index in [9.17, 15) is 22.9 Å². The average Bonchev–Trinajstić information content (AvgIpc) is 2.70. The van der Waals surface area contributed by atoms with Crippen LogP contribution in [0.4, 0.5) is 0 Å². The molecule has 0 saturated heterocycles. The number of allylic oxidation sites excluding steroid dienone is 5. The first-order chi connectivity index (χ1) is 15.3. The van der Waals surface area contributed by atoms with Crippen molar-refractivity contribution in [1.82, 2.24) is 0 Å². The summed E-state index contributed by atoms with van der Waals surface area (Å²) in [6, 6.07) is 9.61. The van der Waals surface area contributed by atoms with Gasteiger partial charge in [-0.3, -0.25) is 4.79 Å². The van der Waals surface area contributed by atoms with Crippen molar-refractivity contribution >= 4 is 21.5 Å². The number of phenolic OH excluding ortho intramolecular Hbond substituents is 1.